The van der Waals surface area contributed by atoms with E-state index in [1.807, 2.05) is 0 Å². The number of ether oxygens (including phenoxy) is 6. The quantitative estimate of drug-likeness (QED) is 0.0385. The third-order valence-electron chi connectivity index (χ3n) is 7.04. The number of fused-ring (bicyclic) bond motifs is 1. The number of hydrogen-bond acceptors (Lipinski definition) is 19. The van der Waals surface area contributed by atoms with E-state index in [0.29, 0.717) is 65.0 Å². The molecule has 2 aromatic heterocycles. The molecule has 8 N–H and O–H groups in total. The minimum Gasteiger partial charge on any atom is -0.387 e. The Labute approximate surface area is 321 Å². The summed E-state index contributed by atoms with van der Waals surface area (Å²) in [5.74, 6) is -1.66. The zero-order chi connectivity index (χ0) is 42.1. The van der Waals surface area contributed by atoms with E-state index in [4.69, 9.17) is 38.2 Å². The number of carbonyl (C=O) groups is 1. The number of hydrogen-bond donors (Lipinski definition) is 8. The molecule has 6 atom stereocenters. The molecule has 31 heteroatoms. The smallest absolute Gasteiger partial charge is 0.387 e. The minimum atomic E-state index is -5.77. The number of aliphatic hydroxyl groups is 2. The first-order valence-electron chi connectivity index (χ1n) is 16.7. The number of rotatable bonds is 29. The number of nitrogens with zero attached hydrogens (tertiary/aromatic N) is 4. The van der Waals surface area contributed by atoms with Gasteiger partial charge in [0, 0.05) is 26.3 Å². The van der Waals surface area contributed by atoms with Crippen LogP contribution in [-0.4, -0.2) is 165 Å². The van der Waals surface area contributed by atoms with Crippen LogP contribution in [0.25, 0.3) is 11.2 Å². The number of anilines is 1. The van der Waals surface area contributed by atoms with Gasteiger partial charge in [0.25, 0.3) is 0 Å². The Hall–Kier alpha value is -2.30. The van der Waals surface area contributed by atoms with Gasteiger partial charge in [0.15, 0.2) is 23.2 Å². The topological polar surface area (TPSA) is 340 Å². The van der Waals surface area contributed by atoms with E-state index in [1.54, 1.807) is 5.32 Å². The highest BCUT2D eigenvalue weighted by Crippen LogP contribution is 2.66. The van der Waals surface area contributed by atoms with Crippen LogP contribution in [0.5, 0.6) is 0 Å². The number of phosphoric ester groups is 1. The van der Waals surface area contributed by atoms with E-state index in [9.17, 15) is 51.7 Å². The predicted molar refractivity (Wildman–Crippen MR) is 182 cm³/mol. The molecule has 0 aromatic carbocycles. The monoisotopic (exact) mass is 894 g/mol. The Kier molecular flexibility index (Phi) is 20.2. The number of phosphoric acid groups is 3. The zero-order valence-electron chi connectivity index (χ0n) is 29.8. The van der Waals surface area contributed by atoms with Crippen molar-refractivity contribution in [2.75, 3.05) is 91.1 Å². The second-order valence-corrected chi connectivity index (χ2v) is 15.8. The van der Waals surface area contributed by atoms with E-state index in [0.717, 1.165) is 0 Å². The molecule has 1 saturated heterocycles. The van der Waals surface area contributed by atoms with Crippen LogP contribution in [0.1, 0.15) is 19.1 Å². The molecule has 25 nitrogen and oxygen atoms in total. The third-order valence-corrected chi connectivity index (χ3v) is 10.8. The number of alkyl halides is 3. The van der Waals surface area contributed by atoms with Crippen molar-refractivity contribution in [1.29, 1.82) is 0 Å². The maximum Gasteiger partial charge on any atom is 0.490 e. The first-order chi connectivity index (χ1) is 26.8. The molecule has 0 saturated carbocycles. The van der Waals surface area contributed by atoms with E-state index in [2.05, 4.69) is 33.4 Å². The first-order valence-corrected chi connectivity index (χ1v) is 21.3. The fraction of sp³-hybridized carbons (Fsp3) is 0.769. The lowest BCUT2D eigenvalue weighted by atomic mass is 10.1. The average Bonchev–Trinajstić information content (AvgIpc) is 3.66. The van der Waals surface area contributed by atoms with Crippen molar-refractivity contribution in [3.63, 3.8) is 0 Å². The van der Waals surface area contributed by atoms with Gasteiger partial charge >= 0.3 is 35.6 Å². The number of imidazole rings is 1. The van der Waals surface area contributed by atoms with Crippen molar-refractivity contribution in [3.05, 3.63) is 12.7 Å². The van der Waals surface area contributed by atoms with E-state index >= 15 is 0 Å². The number of halogens is 3. The molecule has 3 heterocycles. The van der Waals surface area contributed by atoms with Crippen LogP contribution in [-0.2, 0) is 60.1 Å². The van der Waals surface area contributed by atoms with Crippen LogP contribution in [0, 0.1) is 0 Å². The zero-order valence-corrected chi connectivity index (χ0v) is 32.5. The van der Waals surface area contributed by atoms with Crippen molar-refractivity contribution >= 4 is 46.4 Å². The highest BCUT2D eigenvalue weighted by molar-refractivity contribution is 7.66. The van der Waals surface area contributed by atoms with Crippen LogP contribution in [0.3, 0.4) is 0 Å². The van der Waals surface area contributed by atoms with Crippen molar-refractivity contribution in [3.8, 4) is 0 Å². The van der Waals surface area contributed by atoms with Crippen LogP contribution in [0.15, 0.2) is 12.7 Å². The van der Waals surface area contributed by atoms with Gasteiger partial charge in [0.1, 0.15) is 24.6 Å². The summed E-state index contributed by atoms with van der Waals surface area (Å²) in [6.07, 6.45) is -7.90. The molecule has 2 aromatic rings. The number of amides is 1. The largest absolute Gasteiger partial charge is 0.490 e. The lowest BCUT2D eigenvalue weighted by Gasteiger charge is -2.19. The van der Waals surface area contributed by atoms with E-state index in [-0.39, 0.29) is 44.0 Å². The average molecular weight is 895 g/mol. The van der Waals surface area contributed by atoms with Crippen LogP contribution in [0.4, 0.5) is 19.0 Å². The molecule has 328 valence electrons. The van der Waals surface area contributed by atoms with Crippen molar-refractivity contribution in [2.24, 2.45) is 0 Å². The van der Waals surface area contributed by atoms with Crippen LogP contribution >= 0.6 is 23.5 Å². The SMILES string of the molecule is O=C(NCCCOCCOCCOCCOCCOCCCNc1ncnc2c1ncn2[C@@H]1O[C@H](COP(=O)(O)OP(=O)(O)OP(=O)(O)O)[C@H](O)C1O)C(F)(F)F. The molecule has 0 radical (unpaired) electrons. The molecule has 57 heavy (non-hydrogen) atoms. The summed E-state index contributed by atoms with van der Waals surface area (Å²) in [7, 11) is -16.9. The van der Waals surface area contributed by atoms with Crippen molar-refractivity contribution in [2.45, 2.75) is 43.6 Å². The molecule has 1 aliphatic rings. The van der Waals surface area contributed by atoms with Crippen LogP contribution < -0.4 is 10.6 Å². The van der Waals surface area contributed by atoms with Gasteiger partial charge in [-0.3, -0.25) is 13.9 Å². The maximum atomic E-state index is 12.1. The fourth-order valence-electron chi connectivity index (χ4n) is 4.57. The summed E-state index contributed by atoms with van der Waals surface area (Å²) < 4.78 is 116. The van der Waals surface area contributed by atoms with Gasteiger partial charge in [-0.05, 0) is 12.8 Å². The summed E-state index contributed by atoms with van der Waals surface area (Å²) in [5.41, 5.74) is 0.437. The highest BCUT2D eigenvalue weighted by Gasteiger charge is 2.47. The van der Waals surface area contributed by atoms with Crippen molar-refractivity contribution < 1.29 is 103 Å². The van der Waals surface area contributed by atoms with Gasteiger partial charge in [0.05, 0.1) is 65.8 Å². The molecular formula is C26H44F3N6O19P3. The molecule has 3 rings (SSSR count). The summed E-state index contributed by atoms with van der Waals surface area (Å²) in [5, 5.41) is 25.9. The Balaban J connectivity index is 1.24. The molecule has 0 aliphatic carbocycles. The molecule has 1 aliphatic heterocycles. The Bertz CT molecular complexity index is 1680. The minimum absolute atomic E-state index is 0.146. The van der Waals surface area contributed by atoms with Crippen molar-refractivity contribution in [1.82, 2.24) is 24.8 Å². The number of aromatic nitrogens is 4. The summed E-state index contributed by atoms with van der Waals surface area (Å²) >= 11 is 0. The highest BCUT2D eigenvalue weighted by atomic mass is 31.3. The third kappa shape index (κ3) is 18.2. The van der Waals surface area contributed by atoms with Gasteiger partial charge in [-0.1, -0.05) is 0 Å². The van der Waals surface area contributed by atoms with Gasteiger partial charge in [-0.2, -0.15) is 21.8 Å². The molecule has 3 unspecified atom stereocenters. The van der Waals surface area contributed by atoms with E-state index < -0.39 is 66.7 Å². The second kappa shape index (κ2) is 23.5. The molecule has 1 amide bonds. The van der Waals surface area contributed by atoms with Gasteiger partial charge < -0.3 is 68.8 Å². The summed E-state index contributed by atoms with van der Waals surface area (Å²) in [6, 6.07) is 0. The summed E-state index contributed by atoms with van der Waals surface area (Å²) in [6.45, 7) is 2.30. The number of nitrogens with one attached hydrogen (secondary N) is 2. The Morgan fingerprint density at radius 3 is 1.86 bits per heavy atom. The van der Waals surface area contributed by atoms with Gasteiger partial charge in [-0.15, -0.1) is 0 Å². The standard InChI is InChI=1S/C26H44F3N6O19P3/c27-26(28,29)25(38)31-4-2-6-47-8-10-49-12-14-50-13-11-48-9-7-46-5-1-3-30-22-19-23(33-16-32-22)35(17-34-19)24-21(37)20(36)18(52-24)15-51-56(42,43)54-57(44,45)53-55(39,40)41/h16-18,20-21,24,36-37H,1-15H2,(H,31,38)(H,42,43)(H,44,45)(H,30,32,33)(H2,39,40,41)/t18-,20+,21?,24-/m1/s1. The number of aliphatic hydroxyl groups excluding tert-OH is 2. The molecule has 0 bridgehead atoms. The van der Waals surface area contributed by atoms with Gasteiger partial charge in [0.2, 0.25) is 0 Å². The fourth-order valence-corrected chi connectivity index (χ4v) is 7.60. The Morgan fingerprint density at radius 2 is 1.32 bits per heavy atom. The first kappa shape index (κ1) is 49.1. The Morgan fingerprint density at radius 1 is 0.772 bits per heavy atom. The molecular weight excluding hydrogens is 850 g/mol. The second-order valence-electron chi connectivity index (χ2n) is 11.4. The summed E-state index contributed by atoms with van der Waals surface area (Å²) in [4.78, 5) is 59.4. The predicted octanol–water partition coefficient (Wildman–Crippen LogP) is -0.258. The molecule has 1 fully saturated rings. The number of carbonyl (C=O) groups excluding carboxylic acids is 1. The maximum absolute atomic E-state index is 12.1. The van der Waals surface area contributed by atoms with E-state index in [1.165, 1.54) is 17.2 Å². The molecule has 0 spiro atoms. The lowest BCUT2D eigenvalue weighted by Crippen LogP contribution is -2.37. The van der Waals surface area contributed by atoms with Gasteiger partial charge in [-0.25, -0.2) is 28.6 Å². The van der Waals surface area contributed by atoms with Crippen LogP contribution in [0.2, 0.25) is 0 Å². The lowest BCUT2D eigenvalue weighted by molar-refractivity contribution is -0.173. The normalized spacial score (nSPS) is 21.1.